The second-order valence-corrected chi connectivity index (χ2v) is 9.92. The monoisotopic (exact) mass is 500 g/mol. The molecule has 4 rings (SSSR count). The third-order valence-electron chi connectivity index (χ3n) is 7.06. The van der Waals surface area contributed by atoms with E-state index in [0.29, 0.717) is 18.3 Å². The van der Waals surface area contributed by atoms with Crippen LogP contribution in [0.1, 0.15) is 47.9 Å². The van der Waals surface area contributed by atoms with Gasteiger partial charge in [0.1, 0.15) is 23.9 Å². The lowest BCUT2D eigenvalue weighted by Crippen LogP contribution is -2.22. The summed E-state index contributed by atoms with van der Waals surface area (Å²) in [5.41, 5.74) is 6.34. The van der Waals surface area contributed by atoms with Crippen molar-refractivity contribution in [1.29, 1.82) is 0 Å². The standard InChI is InChI=1S/C32H40N2O3/c1-4-5-16-33-17-18-37-29-12-6-24(7-13-29)19-23(2)34-32-22-30(36-3)14-15-31(32)27-9-8-26-21-28(35)11-10-25(26)20-27/h4,6-7,10-15,21-23,27,33-35H,1,5,8-9,16-20H2,2-3H3. The number of ether oxygens (including phenoxy) is 2. The molecule has 5 heteroatoms. The molecule has 37 heavy (non-hydrogen) atoms. The Bertz CT molecular complexity index is 1160. The maximum Gasteiger partial charge on any atom is 0.120 e. The zero-order valence-corrected chi connectivity index (χ0v) is 22.1. The van der Waals surface area contributed by atoms with Gasteiger partial charge in [0.2, 0.25) is 0 Å². The lowest BCUT2D eigenvalue weighted by atomic mass is 9.79. The van der Waals surface area contributed by atoms with Crippen molar-refractivity contribution in [3.8, 4) is 17.2 Å². The van der Waals surface area contributed by atoms with E-state index in [1.54, 1.807) is 13.2 Å². The van der Waals surface area contributed by atoms with Crippen LogP contribution in [0.5, 0.6) is 17.2 Å². The summed E-state index contributed by atoms with van der Waals surface area (Å²) in [5.74, 6) is 2.55. The van der Waals surface area contributed by atoms with E-state index in [-0.39, 0.29) is 6.04 Å². The first-order chi connectivity index (χ1) is 18.1. The Labute approximate surface area is 221 Å². The average molecular weight is 501 g/mol. The summed E-state index contributed by atoms with van der Waals surface area (Å²) in [6, 6.07) is 20.8. The van der Waals surface area contributed by atoms with Gasteiger partial charge >= 0.3 is 0 Å². The van der Waals surface area contributed by atoms with Gasteiger partial charge in [-0.1, -0.05) is 30.3 Å². The summed E-state index contributed by atoms with van der Waals surface area (Å²) < 4.78 is 11.4. The van der Waals surface area contributed by atoms with Crippen LogP contribution < -0.4 is 20.1 Å². The van der Waals surface area contributed by atoms with Crippen LogP contribution in [0.15, 0.2) is 73.3 Å². The molecule has 0 aromatic heterocycles. The van der Waals surface area contributed by atoms with Crippen LogP contribution in [0.2, 0.25) is 0 Å². The van der Waals surface area contributed by atoms with Crippen LogP contribution in [-0.2, 0) is 19.3 Å². The van der Waals surface area contributed by atoms with E-state index in [1.807, 2.05) is 12.1 Å². The quantitative estimate of drug-likeness (QED) is 0.191. The van der Waals surface area contributed by atoms with E-state index in [9.17, 15) is 5.11 Å². The molecule has 0 bridgehead atoms. The number of phenols is 1. The first kappa shape index (κ1) is 26.6. The second-order valence-electron chi connectivity index (χ2n) is 9.92. The molecule has 0 saturated heterocycles. The molecular formula is C32H40N2O3. The molecule has 0 radical (unpaired) electrons. The Balaban J connectivity index is 1.36. The number of rotatable bonds is 13. The first-order valence-corrected chi connectivity index (χ1v) is 13.3. The molecule has 1 aliphatic rings. The highest BCUT2D eigenvalue weighted by Gasteiger charge is 2.23. The number of hydrogen-bond acceptors (Lipinski definition) is 5. The Morgan fingerprint density at radius 3 is 2.62 bits per heavy atom. The van der Waals surface area contributed by atoms with E-state index in [2.05, 4.69) is 72.7 Å². The van der Waals surface area contributed by atoms with E-state index in [0.717, 1.165) is 62.4 Å². The molecule has 2 unspecified atom stereocenters. The number of fused-ring (bicyclic) bond motifs is 1. The van der Waals surface area contributed by atoms with E-state index < -0.39 is 0 Å². The number of benzene rings is 3. The number of aromatic hydroxyl groups is 1. The van der Waals surface area contributed by atoms with Gasteiger partial charge in [-0.25, -0.2) is 0 Å². The van der Waals surface area contributed by atoms with Gasteiger partial charge in [-0.05, 0) is 104 Å². The summed E-state index contributed by atoms with van der Waals surface area (Å²) in [7, 11) is 1.71. The minimum atomic E-state index is 0.250. The molecule has 1 aliphatic carbocycles. The van der Waals surface area contributed by atoms with E-state index in [4.69, 9.17) is 9.47 Å². The fraction of sp³-hybridized carbons (Fsp3) is 0.375. The molecule has 5 nitrogen and oxygen atoms in total. The summed E-state index contributed by atoms with van der Waals surface area (Å²) in [6.07, 6.45) is 6.83. The minimum Gasteiger partial charge on any atom is -0.508 e. The highest BCUT2D eigenvalue weighted by molar-refractivity contribution is 5.58. The maximum absolute atomic E-state index is 9.85. The molecular weight excluding hydrogens is 460 g/mol. The van der Waals surface area contributed by atoms with Crippen molar-refractivity contribution >= 4 is 5.69 Å². The summed E-state index contributed by atoms with van der Waals surface area (Å²) >= 11 is 0. The van der Waals surface area contributed by atoms with Gasteiger partial charge in [0.15, 0.2) is 0 Å². The smallest absolute Gasteiger partial charge is 0.120 e. The average Bonchev–Trinajstić information content (AvgIpc) is 2.91. The summed E-state index contributed by atoms with van der Waals surface area (Å²) in [4.78, 5) is 0. The van der Waals surface area contributed by atoms with E-state index >= 15 is 0 Å². The van der Waals surface area contributed by atoms with Crippen LogP contribution in [0.4, 0.5) is 5.69 Å². The SMILES string of the molecule is C=CCCNCCOc1ccc(CC(C)Nc2cc(OC)ccc2C2CCc3cc(O)ccc3C2)cc1. The van der Waals surface area contributed by atoms with Crippen molar-refractivity contribution in [2.75, 3.05) is 32.1 Å². The number of nitrogens with one attached hydrogen (secondary N) is 2. The van der Waals surface area contributed by atoms with Crippen LogP contribution >= 0.6 is 0 Å². The molecule has 3 aromatic carbocycles. The molecule has 0 amide bonds. The number of anilines is 1. The van der Waals surface area contributed by atoms with Gasteiger partial charge in [-0.3, -0.25) is 0 Å². The molecule has 0 heterocycles. The Hall–Kier alpha value is -3.44. The van der Waals surface area contributed by atoms with Crippen LogP contribution in [0.25, 0.3) is 0 Å². The van der Waals surface area contributed by atoms with Gasteiger partial charge < -0.3 is 25.2 Å². The van der Waals surface area contributed by atoms with Crippen molar-refractivity contribution < 1.29 is 14.6 Å². The zero-order chi connectivity index (χ0) is 26.0. The first-order valence-electron chi connectivity index (χ1n) is 13.3. The van der Waals surface area contributed by atoms with Gasteiger partial charge in [-0.15, -0.1) is 6.58 Å². The molecule has 0 fully saturated rings. The molecule has 2 atom stereocenters. The number of methoxy groups -OCH3 is 1. The minimum absolute atomic E-state index is 0.250. The third-order valence-corrected chi connectivity index (χ3v) is 7.06. The van der Waals surface area contributed by atoms with Crippen molar-refractivity contribution in [2.24, 2.45) is 0 Å². The fourth-order valence-electron chi connectivity index (χ4n) is 5.11. The van der Waals surface area contributed by atoms with Crippen molar-refractivity contribution in [3.05, 3.63) is 95.6 Å². The molecule has 3 N–H and O–H groups in total. The predicted octanol–water partition coefficient (Wildman–Crippen LogP) is 6.26. The van der Waals surface area contributed by atoms with Crippen LogP contribution in [0, 0.1) is 0 Å². The maximum atomic E-state index is 9.85. The number of phenolic OH excluding ortho intramolecular Hbond substituents is 1. The van der Waals surface area contributed by atoms with E-state index in [1.165, 1.54) is 22.3 Å². The van der Waals surface area contributed by atoms with Gasteiger partial charge in [-0.2, -0.15) is 0 Å². The van der Waals surface area contributed by atoms with Crippen molar-refractivity contribution in [3.63, 3.8) is 0 Å². The second kappa shape index (κ2) is 13.2. The number of hydrogen-bond donors (Lipinski definition) is 3. The Morgan fingerprint density at radius 2 is 1.84 bits per heavy atom. The van der Waals surface area contributed by atoms with Gasteiger partial charge in [0.05, 0.1) is 7.11 Å². The van der Waals surface area contributed by atoms with Crippen molar-refractivity contribution in [1.82, 2.24) is 5.32 Å². The van der Waals surface area contributed by atoms with Crippen LogP contribution in [-0.4, -0.2) is 38.0 Å². The van der Waals surface area contributed by atoms with Crippen LogP contribution in [0.3, 0.4) is 0 Å². The molecule has 196 valence electrons. The predicted molar refractivity (Wildman–Crippen MR) is 152 cm³/mol. The molecule has 3 aromatic rings. The third kappa shape index (κ3) is 7.53. The molecule has 0 spiro atoms. The Kier molecular flexibility index (Phi) is 9.50. The zero-order valence-electron chi connectivity index (χ0n) is 22.1. The topological polar surface area (TPSA) is 62.8 Å². The highest BCUT2D eigenvalue weighted by atomic mass is 16.5. The highest BCUT2D eigenvalue weighted by Crippen LogP contribution is 2.38. The largest absolute Gasteiger partial charge is 0.508 e. The van der Waals surface area contributed by atoms with Gasteiger partial charge in [0.25, 0.3) is 0 Å². The lowest BCUT2D eigenvalue weighted by Gasteiger charge is -2.28. The molecule has 0 aliphatic heterocycles. The lowest BCUT2D eigenvalue weighted by molar-refractivity contribution is 0.314. The van der Waals surface area contributed by atoms with Gasteiger partial charge in [0, 0.05) is 24.3 Å². The summed E-state index contributed by atoms with van der Waals surface area (Å²) in [5, 5.41) is 17.0. The van der Waals surface area contributed by atoms with Crippen molar-refractivity contribution in [2.45, 2.75) is 51.0 Å². The molecule has 0 saturated carbocycles. The fourth-order valence-corrected chi connectivity index (χ4v) is 5.11. The summed E-state index contributed by atoms with van der Waals surface area (Å²) in [6.45, 7) is 8.37. The number of aryl methyl sites for hydroxylation is 1. The Morgan fingerprint density at radius 1 is 1.03 bits per heavy atom. The normalized spacial score (nSPS) is 15.5.